The van der Waals surface area contributed by atoms with Crippen molar-refractivity contribution in [2.75, 3.05) is 0 Å². The van der Waals surface area contributed by atoms with Crippen LogP contribution in [0, 0.1) is 10.1 Å². The molecule has 0 radical (unpaired) electrons. The van der Waals surface area contributed by atoms with E-state index in [1.165, 1.54) is 25.1 Å². The van der Waals surface area contributed by atoms with Gasteiger partial charge in [0.15, 0.2) is 5.78 Å². The van der Waals surface area contributed by atoms with Crippen molar-refractivity contribution in [3.8, 4) is 0 Å². The zero-order valence-corrected chi connectivity index (χ0v) is 7.64. The van der Waals surface area contributed by atoms with Crippen LogP contribution in [-0.4, -0.2) is 16.7 Å². The van der Waals surface area contributed by atoms with E-state index in [1.54, 1.807) is 6.07 Å². The maximum Gasteiger partial charge on any atom is 0.280 e. The zero-order chi connectivity index (χ0) is 10.7. The number of ketones is 1. The number of carbonyl (C=O) groups excluding carboxylic acids is 1. The smallest absolute Gasteiger partial charge is 0.280 e. The van der Waals surface area contributed by atoms with Crippen LogP contribution in [0.5, 0.6) is 0 Å². The molecule has 1 aromatic rings. The van der Waals surface area contributed by atoms with Crippen LogP contribution in [0.15, 0.2) is 24.3 Å². The van der Waals surface area contributed by atoms with E-state index in [1.807, 2.05) is 0 Å². The lowest BCUT2D eigenvalue weighted by Gasteiger charge is -2.04. The lowest BCUT2D eigenvalue weighted by Crippen LogP contribution is -2.27. The second-order valence-corrected chi connectivity index (χ2v) is 2.93. The number of nitrogens with zero attached hydrogens (tertiary/aromatic N) is 1. The Hall–Kier alpha value is -1.75. The maximum absolute atomic E-state index is 11.4. The van der Waals surface area contributed by atoms with Gasteiger partial charge in [0.1, 0.15) is 0 Å². The van der Waals surface area contributed by atoms with Gasteiger partial charge in [0.25, 0.3) is 5.69 Å². The monoisotopic (exact) mass is 194 g/mol. The van der Waals surface area contributed by atoms with Crippen LogP contribution in [0.3, 0.4) is 0 Å². The number of para-hydroxylation sites is 1. The average molecular weight is 194 g/mol. The zero-order valence-electron chi connectivity index (χ0n) is 7.64. The van der Waals surface area contributed by atoms with Gasteiger partial charge >= 0.3 is 0 Å². The van der Waals surface area contributed by atoms with Crippen molar-refractivity contribution in [3.63, 3.8) is 0 Å². The van der Waals surface area contributed by atoms with Gasteiger partial charge in [-0.15, -0.1) is 0 Å². The lowest BCUT2D eigenvalue weighted by atomic mass is 10.0. The molecule has 0 aliphatic carbocycles. The lowest BCUT2D eigenvalue weighted by molar-refractivity contribution is -0.385. The first kappa shape index (κ1) is 10.3. The predicted molar refractivity (Wildman–Crippen MR) is 51.1 cm³/mol. The molecule has 0 spiro atoms. The van der Waals surface area contributed by atoms with Gasteiger partial charge < -0.3 is 5.73 Å². The van der Waals surface area contributed by atoms with Crippen molar-refractivity contribution < 1.29 is 9.72 Å². The third-order valence-corrected chi connectivity index (χ3v) is 1.78. The summed E-state index contributed by atoms with van der Waals surface area (Å²) in [5.74, 6) is -0.419. The molecule has 1 rings (SSSR count). The largest absolute Gasteiger partial charge is 0.321 e. The van der Waals surface area contributed by atoms with Crippen molar-refractivity contribution in [2.24, 2.45) is 5.73 Å². The van der Waals surface area contributed by atoms with Gasteiger partial charge in [0.2, 0.25) is 0 Å². The molecule has 0 aliphatic rings. The van der Waals surface area contributed by atoms with E-state index < -0.39 is 16.7 Å². The summed E-state index contributed by atoms with van der Waals surface area (Å²) in [4.78, 5) is 21.4. The topological polar surface area (TPSA) is 86.2 Å². The highest BCUT2D eigenvalue weighted by atomic mass is 16.6. The summed E-state index contributed by atoms with van der Waals surface area (Å²) >= 11 is 0. The molecule has 0 bridgehead atoms. The molecule has 0 heterocycles. The molecule has 2 N–H and O–H groups in total. The molecule has 1 unspecified atom stereocenters. The van der Waals surface area contributed by atoms with E-state index in [2.05, 4.69) is 0 Å². The first-order chi connectivity index (χ1) is 6.54. The molecule has 5 nitrogen and oxygen atoms in total. The van der Waals surface area contributed by atoms with Gasteiger partial charge in [-0.25, -0.2) is 0 Å². The molecule has 1 aromatic carbocycles. The van der Waals surface area contributed by atoms with Gasteiger partial charge in [-0.05, 0) is 13.0 Å². The summed E-state index contributed by atoms with van der Waals surface area (Å²) in [7, 11) is 0. The molecule has 0 saturated carbocycles. The van der Waals surface area contributed by atoms with Crippen molar-refractivity contribution in [1.82, 2.24) is 0 Å². The van der Waals surface area contributed by atoms with E-state index in [4.69, 9.17) is 5.73 Å². The minimum absolute atomic E-state index is 0.0625. The Bertz CT molecular complexity index is 374. The highest BCUT2D eigenvalue weighted by Crippen LogP contribution is 2.18. The Labute approximate surface area is 80.7 Å². The Morgan fingerprint density at radius 3 is 2.57 bits per heavy atom. The van der Waals surface area contributed by atoms with Crippen LogP contribution in [0.1, 0.15) is 17.3 Å². The molecule has 5 heteroatoms. The molecule has 14 heavy (non-hydrogen) atoms. The fourth-order valence-corrected chi connectivity index (χ4v) is 1.09. The number of nitro groups is 1. The summed E-state index contributed by atoms with van der Waals surface area (Å²) in [6.07, 6.45) is 0. The first-order valence-electron chi connectivity index (χ1n) is 4.07. The van der Waals surface area contributed by atoms with Gasteiger partial charge in [-0.3, -0.25) is 14.9 Å². The van der Waals surface area contributed by atoms with Crippen molar-refractivity contribution in [2.45, 2.75) is 13.0 Å². The number of benzene rings is 1. The molecule has 74 valence electrons. The number of rotatable bonds is 3. The molecule has 0 amide bonds. The van der Waals surface area contributed by atoms with Crippen molar-refractivity contribution >= 4 is 11.5 Å². The number of hydrogen-bond donors (Lipinski definition) is 1. The molecular weight excluding hydrogens is 184 g/mol. The van der Waals surface area contributed by atoms with Crippen LogP contribution in [0.2, 0.25) is 0 Å². The highest BCUT2D eigenvalue weighted by molar-refractivity contribution is 6.02. The van der Waals surface area contributed by atoms with Crippen LogP contribution in [0.4, 0.5) is 5.69 Å². The minimum atomic E-state index is -0.726. The standard InChI is InChI=1S/C9H10N2O3/c1-6(10)9(12)7-4-2-3-5-8(7)11(13)14/h2-6H,10H2,1H3. The second kappa shape index (κ2) is 3.97. The van der Waals surface area contributed by atoms with Crippen LogP contribution < -0.4 is 5.73 Å². The summed E-state index contributed by atoms with van der Waals surface area (Å²) in [6, 6.07) is 5.05. The highest BCUT2D eigenvalue weighted by Gasteiger charge is 2.21. The fourth-order valence-electron chi connectivity index (χ4n) is 1.09. The summed E-state index contributed by atoms with van der Waals surface area (Å²) < 4.78 is 0. The first-order valence-corrected chi connectivity index (χ1v) is 4.07. The third kappa shape index (κ3) is 1.94. The van der Waals surface area contributed by atoms with E-state index in [0.717, 1.165) is 0 Å². The van der Waals surface area contributed by atoms with Crippen LogP contribution in [0.25, 0.3) is 0 Å². The maximum atomic E-state index is 11.4. The number of nitrogens with two attached hydrogens (primary N) is 1. The van der Waals surface area contributed by atoms with Gasteiger partial charge in [-0.2, -0.15) is 0 Å². The fraction of sp³-hybridized carbons (Fsp3) is 0.222. The Morgan fingerprint density at radius 2 is 2.07 bits per heavy atom. The number of nitro benzene ring substituents is 1. The Balaban J connectivity index is 3.20. The van der Waals surface area contributed by atoms with Crippen LogP contribution in [-0.2, 0) is 0 Å². The van der Waals surface area contributed by atoms with Crippen molar-refractivity contribution in [3.05, 3.63) is 39.9 Å². The molecule has 0 fully saturated rings. The summed E-state index contributed by atoms with van der Waals surface area (Å²) in [6.45, 7) is 1.50. The van der Waals surface area contributed by atoms with E-state index in [9.17, 15) is 14.9 Å². The molecule has 0 saturated heterocycles. The second-order valence-electron chi connectivity index (χ2n) is 2.93. The quantitative estimate of drug-likeness (QED) is 0.444. The van der Waals surface area contributed by atoms with E-state index >= 15 is 0 Å². The summed E-state index contributed by atoms with van der Waals surface area (Å²) in [5.41, 5.74) is 5.23. The third-order valence-electron chi connectivity index (χ3n) is 1.78. The van der Waals surface area contributed by atoms with Gasteiger partial charge in [0.05, 0.1) is 16.5 Å². The normalized spacial score (nSPS) is 12.1. The molecule has 1 atom stereocenters. The predicted octanol–water partition coefficient (Wildman–Crippen LogP) is 1.12. The Morgan fingerprint density at radius 1 is 1.50 bits per heavy atom. The number of hydrogen-bond acceptors (Lipinski definition) is 4. The molecule has 0 aromatic heterocycles. The van der Waals surface area contributed by atoms with Gasteiger partial charge in [-0.1, -0.05) is 12.1 Å². The SMILES string of the molecule is CC(N)C(=O)c1ccccc1[N+](=O)[O-]. The Kier molecular flexibility index (Phi) is 2.93. The van der Waals surface area contributed by atoms with E-state index in [-0.39, 0.29) is 11.3 Å². The molecule has 0 aliphatic heterocycles. The van der Waals surface area contributed by atoms with Crippen molar-refractivity contribution in [1.29, 1.82) is 0 Å². The van der Waals surface area contributed by atoms with E-state index in [0.29, 0.717) is 0 Å². The minimum Gasteiger partial charge on any atom is -0.321 e. The average Bonchev–Trinajstić information content (AvgIpc) is 2.16. The van der Waals surface area contributed by atoms with Crippen LogP contribution >= 0.6 is 0 Å². The number of Topliss-reactive ketones (excluding diaryl/α,β-unsaturated/α-hetero) is 1. The molecular formula is C9H10N2O3. The van der Waals surface area contributed by atoms with Gasteiger partial charge in [0, 0.05) is 6.07 Å². The summed E-state index contributed by atoms with van der Waals surface area (Å²) in [5, 5.41) is 10.6. The number of carbonyl (C=O) groups is 1.